The molecule has 24 heavy (non-hydrogen) atoms. The van der Waals surface area contributed by atoms with E-state index in [9.17, 15) is 4.79 Å². The summed E-state index contributed by atoms with van der Waals surface area (Å²) >= 11 is 6.04. The van der Waals surface area contributed by atoms with E-state index >= 15 is 0 Å². The Bertz CT molecular complexity index is 932. The molecule has 0 aliphatic heterocycles. The SMILES string of the molecule is NCCCn1c(/C=C/c2ccccc2)nc2cc(Cl)ccc2c1=O. The highest BCUT2D eigenvalue weighted by Crippen LogP contribution is 2.16. The van der Waals surface area contributed by atoms with Crippen molar-refractivity contribution in [3.05, 3.63) is 75.3 Å². The first-order valence-corrected chi connectivity index (χ1v) is 8.20. The molecule has 5 heteroatoms. The Morgan fingerprint density at radius 2 is 1.92 bits per heavy atom. The molecule has 2 aromatic carbocycles. The van der Waals surface area contributed by atoms with Gasteiger partial charge in [-0.3, -0.25) is 9.36 Å². The molecule has 0 fully saturated rings. The van der Waals surface area contributed by atoms with Crippen molar-refractivity contribution in [2.45, 2.75) is 13.0 Å². The van der Waals surface area contributed by atoms with E-state index < -0.39 is 0 Å². The molecule has 1 heterocycles. The average Bonchev–Trinajstić information content (AvgIpc) is 2.60. The van der Waals surface area contributed by atoms with Crippen LogP contribution in [0, 0.1) is 0 Å². The molecule has 0 atom stereocenters. The van der Waals surface area contributed by atoms with Gasteiger partial charge < -0.3 is 5.73 Å². The maximum absolute atomic E-state index is 12.8. The number of nitrogens with two attached hydrogens (primary N) is 1. The van der Waals surface area contributed by atoms with Crippen molar-refractivity contribution in [1.29, 1.82) is 0 Å². The zero-order valence-electron chi connectivity index (χ0n) is 13.2. The Hall–Kier alpha value is -2.43. The van der Waals surface area contributed by atoms with Gasteiger partial charge in [0.1, 0.15) is 5.82 Å². The molecular formula is C19H18ClN3O. The monoisotopic (exact) mass is 339 g/mol. The predicted molar refractivity (Wildman–Crippen MR) is 100 cm³/mol. The van der Waals surface area contributed by atoms with Gasteiger partial charge in [-0.2, -0.15) is 0 Å². The topological polar surface area (TPSA) is 60.9 Å². The zero-order valence-corrected chi connectivity index (χ0v) is 13.9. The van der Waals surface area contributed by atoms with E-state index in [0.717, 1.165) is 5.56 Å². The number of halogens is 1. The van der Waals surface area contributed by atoms with E-state index in [1.807, 2.05) is 42.5 Å². The summed E-state index contributed by atoms with van der Waals surface area (Å²) < 4.78 is 1.67. The van der Waals surface area contributed by atoms with Crippen LogP contribution in [0.4, 0.5) is 0 Å². The summed E-state index contributed by atoms with van der Waals surface area (Å²) in [6.45, 7) is 1.06. The van der Waals surface area contributed by atoms with Gasteiger partial charge in [0.25, 0.3) is 5.56 Å². The number of fused-ring (bicyclic) bond motifs is 1. The van der Waals surface area contributed by atoms with Crippen molar-refractivity contribution in [3.8, 4) is 0 Å². The van der Waals surface area contributed by atoms with Gasteiger partial charge in [-0.1, -0.05) is 48.0 Å². The minimum absolute atomic E-state index is 0.0715. The van der Waals surface area contributed by atoms with Crippen LogP contribution in [0.15, 0.2) is 53.3 Å². The molecule has 0 spiro atoms. The van der Waals surface area contributed by atoms with Gasteiger partial charge in [-0.15, -0.1) is 0 Å². The summed E-state index contributed by atoms with van der Waals surface area (Å²) in [6.07, 6.45) is 4.51. The first kappa shape index (κ1) is 16.4. The highest BCUT2D eigenvalue weighted by atomic mass is 35.5. The lowest BCUT2D eigenvalue weighted by atomic mass is 10.2. The minimum Gasteiger partial charge on any atom is -0.330 e. The molecular weight excluding hydrogens is 322 g/mol. The third kappa shape index (κ3) is 3.55. The lowest BCUT2D eigenvalue weighted by Gasteiger charge is -2.11. The Kier molecular flexibility index (Phi) is 5.08. The molecule has 0 aliphatic rings. The van der Waals surface area contributed by atoms with Crippen molar-refractivity contribution in [3.63, 3.8) is 0 Å². The molecule has 4 nitrogen and oxygen atoms in total. The van der Waals surface area contributed by atoms with Crippen LogP contribution < -0.4 is 11.3 Å². The number of nitrogens with zero attached hydrogens (tertiary/aromatic N) is 2. The number of hydrogen-bond donors (Lipinski definition) is 1. The van der Waals surface area contributed by atoms with Crippen LogP contribution >= 0.6 is 11.6 Å². The van der Waals surface area contributed by atoms with Crippen LogP contribution in [0.25, 0.3) is 23.1 Å². The second-order valence-electron chi connectivity index (χ2n) is 5.47. The van der Waals surface area contributed by atoms with Crippen LogP contribution in [0.3, 0.4) is 0 Å². The smallest absolute Gasteiger partial charge is 0.261 e. The third-order valence-electron chi connectivity index (χ3n) is 3.76. The Labute approximate surface area is 145 Å². The van der Waals surface area contributed by atoms with E-state index in [1.54, 1.807) is 22.8 Å². The van der Waals surface area contributed by atoms with E-state index in [4.69, 9.17) is 17.3 Å². The van der Waals surface area contributed by atoms with Gasteiger partial charge >= 0.3 is 0 Å². The minimum atomic E-state index is -0.0715. The van der Waals surface area contributed by atoms with E-state index in [1.165, 1.54) is 0 Å². The van der Waals surface area contributed by atoms with Crippen LogP contribution in [0.1, 0.15) is 17.8 Å². The van der Waals surface area contributed by atoms with Gasteiger partial charge in [-0.05, 0) is 42.8 Å². The van der Waals surface area contributed by atoms with Crippen molar-refractivity contribution >= 4 is 34.7 Å². The molecule has 3 aromatic rings. The van der Waals surface area contributed by atoms with E-state index in [0.29, 0.717) is 41.3 Å². The van der Waals surface area contributed by atoms with Crippen molar-refractivity contribution in [1.82, 2.24) is 9.55 Å². The lowest BCUT2D eigenvalue weighted by molar-refractivity contribution is 0.619. The zero-order chi connectivity index (χ0) is 16.9. The third-order valence-corrected chi connectivity index (χ3v) is 3.99. The molecule has 0 saturated heterocycles. The van der Waals surface area contributed by atoms with Gasteiger partial charge in [0.05, 0.1) is 10.9 Å². The Balaban J connectivity index is 2.12. The van der Waals surface area contributed by atoms with Crippen molar-refractivity contribution in [2.75, 3.05) is 6.54 Å². The second-order valence-corrected chi connectivity index (χ2v) is 5.91. The number of rotatable bonds is 5. The van der Waals surface area contributed by atoms with Crippen molar-refractivity contribution in [2.24, 2.45) is 5.73 Å². The second kappa shape index (κ2) is 7.43. The van der Waals surface area contributed by atoms with Gasteiger partial charge in [0.2, 0.25) is 0 Å². The maximum atomic E-state index is 12.8. The number of benzene rings is 2. The molecule has 0 unspecified atom stereocenters. The summed E-state index contributed by atoms with van der Waals surface area (Å²) in [6, 6.07) is 15.0. The fourth-order valence-corrected chi connectivity index (χ4v) is 2.71. The van der Waals surface area contributed by atoms with E-state index in [-0.39, 0.29) is 5.56 Å². The molecule has 1 aromatic heterocycles. The van der Waals surface area contributed by atoms with Gasteiger partial charge in [0.15, 0.2) is 0 Å². The van der Waals surface area contributed by atoms with Crippen LogP contribution in [0.2, 0.25) is 5.02 Å². The Morgan fingerprint density at radius 1 is 1.12 bits per heavy atom. The molecule has 2 N–H and O–H groups in total. The quantitative estimate of drug-likeness (QED) is 0.773. The van der Waals surface area contributed by atoms with Crippen molar-refractivity contribution < 1.29 is 0 Å². The largest absolute Gasteiger partial charge is 0.330 e. The molecule has 122 valence electrons. The highest BCUT2D eigenvalue weighted by molar-refractivity contribution is 6.31. The summed E-state index contributed by atoms with van der Waals surface area (Å²) in [5, 5.41) is 1.13. The fraction of sp³-hybridized carbons (Fsp3) is 0.158. The summed E-state index contributed by atoms with van der Waals surface area (Å²) in [5.41, 5.74) is 7.18. The molecule has 0 saturated carbocycles. The first-order valence-electron chi connectivity index (χ1n) is 7.82. The molecule has 0 radical (unpaired) electrons. The van der Waals surface area contributed by atoms with Gasteiger partial charge in [0, 0.05) is 11.6 Å². The summed E-state index contributed by atoms with van der Waals surface area (Å²) in [5.74, 6) is 0.604. The van der Waals surface area contributed by atoms with Crippen LogP contribution in [-0.4, -0.2) is 16.1 Å². The Morgan fingerprint density at radius 3 is 2.67 bits per heavy atom. The summed E-state index contributed by atoms with van der Waals surface area (Å²) in [7, 11) is 0. The summed E-state index contributed by atoms with van der Waals surface area (Å²) in [4.78, 5) is 17.4. The first-order chi connectivity index (χ1) is 11.7. The predicted octanol–water partition coefficient (Wildman–Crippen LogP) is 3.57. The van der Waals surface area contributed by atoms with Crippen LogP contribution in [-0.2, 0) is 6.54 Å². The standard InChI is InChI=1S/C19H18ClN3O/c20-15-8-9-16-17(13-15)22-18(23(19(16)24)12-4-11-21)10-7-14-5-2-1-3-6-14/h1-3,5-10,13H,4,11-12,21H2/b10-7+. The highest BCUT2D eigenvalue weighted by Gasteiger charge is 2.09. The average molecular weight is 340 g/mol. The number of aromatic nitrogens is 2. The maximum Gasteiger partial charge on any atom is 0.261 e. The fourth-order valence-electron chi connectivity index (χ4n) is 2.54. The normalized spacial score (nSPS) is 11.4. The number of hydrogen-bond acceptors (Lipinski definition) is 3. The lowest BCUT2D eigenvalue weighted by Crippen LogP contribution is -2.25. The molecule has 0 amide bonds. The molecule has 0 aliphatic carbocycles. The van der Waals surface area contributed by atoms with E-state index in [2.05, 4.69) is 4.98 Å². The van der Waals surface area contributed by atoms with Gasteiger partial charge in [-0.25, -0.2) is 4.98 Å². The molecule has 3 rings (SSSR count). The van der Waals surface area contributed by atoms with Crippen LogP contribution in [0.5, 0.6) is 0 Å². The molecule has 0 bridgehead atoms.